The van der Waals surface area contributed by atoms with Crippen molar-refractivity contribution < 1.29 is 29.9 Å². The van der Waals surface area contributed by atoms with Gasteiger partial charge >= 0.3 is 0 Å². The summed E-state index contributed by atoms with van der Waals surface area (Å²) in [5.74, 6) is 0. The lowest BCUT2D eigenvalue weighted by atomic mass is 9.71. The van der Waals surface area contributed by atoms with Crippen LogP contribution in [0.25, 0.3) is 0 Å². The Kier molecular flexibility index (Phi) is 16.5. The van der Waals surface area contributed by atoms with E-state index in [-0.39, 0.29) is 16.9 Å². The second-order valence-corrected chi connectivity index (χ2v) is 16.3. The highest BCUT2D eigenvalue weighted by Crippen LogP contribution is 2.43. The number of hydrogen-bond donors (Lipinski definition) is 4. The van der Waals surface area contributed by atoms with Gasteiger partial charge in [-0.15, -0.1) is 0 Å². The van der Waals surface area contributed by atoms with E-state index in [1.165, 1.54) is 52.7 Å². The number of ether oxygens (including phenoxy) is 2. The minimum absolute atomic E-state index is 0.196. The molecule has 0 amide bonds. The van der Waals surface area contributed by atoms with Crippen LogP contribution >= 0.6 is 0 Å². The standard InChI is InChI=1S/C46H66O6/c1-31(18-13-20-33(3)23-25-38-35(5)22-15-27-45(38,7)8)16-11-12-17-32(2)19-14-21-34(4)24-26-39-36(6)28-37(29-46(39,9)10)51-44-43(50)42(49)41(48)40(30-47)52-44/h11-14,16-21,23-26,37,40-44,47-50H,15,22,27-30H2,1-10H3/b12-11+,18-13+,19-14+,25-23+,26-24+,31-16+,32-17+,33-20+,34-21+/t37-,40-,41-,42+,43-,44?/m1/s1. The first-order valence-corrected chi connectivity index (χ1v) is 18.9. The van der Waals surface area contributed by atoms with Gasteiger partial charge in [0, 0.05) is 0 Å². The summed E-state index contributed by atoms with van der Waals surface area (Å²) in [6, 6.07) is 0. The summed E-state index contributed by atoms with van der Waals surface area (Å²) in [5.41, 5.74) is 10.2. The molecule has 0 spiro atoms. The van der Waals surface area contributed by atoms with Crippen molar-refractivity contribution in [2.45, 2.75) is 138 Å². The third-order valence-electron chi connectivity index (χ3n) is 10.5. The van der Waals surface area contributed by atoms with Crippen molar-refractivity contribution in [3.05, 3.63) is 130 Å². The van der Waals surface area contributed by atoms with E-state index < -0.39 is 37.3 Å². The van der Waals surface area contributed by atoms with Gasteiger partial charge in [0.25, 0.3) is 0 Å². The van der Waals surface area contributed by atoms with Crippen LogP contribution in [0, 0.1) is 10.8 Å². The van der Waals surface area contributed by atoms with Crippen molar-refractivity contribution in [3.8, 4) is 0 Å². The Morgan fingerprint density at radius 2 is 1.19 bits per heavy atom. The Hall–Kier alpha value is -3.10. The molecule has 52 heavy (non-hydrogen) atoms. The fraction of sp³-hybridized carbons (Fsp3) is 0.522. The molecule has 6 heteroatoms. The number of allylic oxidation sites excluding steroid dienone is 21. The van der Waals surface area contributed by atoms with Crippen molar-refractivity contribution in [3.63, 3.8) is 0 Å². The predicted octanol–water partition coefficient (Wildman–Crippen LogP) is 9.40. The number of rotatable bonds is 13. The van der Waals surface area contributed by atoms with Gasteiger partial charge in [0.05, 0.1) is 12.7 Å². The van der Waals surface area contributed by atoms with Crippen LogP contribution in [0.5, 0.6) is 0 Å². The van der Waals surface area contributed by atoms with Crippen LogP contribution < -0.4 is 0 Å². The Labute approximate surface area is 314 Å². The molecule has 1 fully saturated rings. The summed E-state index contributed by atoms with van der Waals surface area (Å²) < 4.78 is 11.7. The van der Waals surface area contributed by atoms with Crippen molar-refractivity contribution in [2.75, 3.05) is 6.61 Å². The quantitative estimate of drug-likeness (QED) is 0.142. The van der Waals surface area contributed by atoms with E-state index in [1.807, 2.05) is 0 Å². The van der Waals surface area contributed by atoms with Gasteiger partial charge in [-0.05, 0) is 95.6 Å². The van der Waals surface area contributed by atoms with Crippen LogP contribution in [0.3, 0.4) is 0 Å². The lowest BCUT2D eigenvalue weighted by molar-refractivity contribution is -0.313. The van der Waals surface area contributed by atoms with Crippen LogP contribution in [-0.4, -0.2) is 63.8 Å². The molecular weight excluding hydrogens is 649 g/mol. The van der Waals surface area contributed by atoms with Gasteiger partial charge in [-0.2, -0.15) is 0 Å². The highest BCUT2D eigenvalue weighted by atomic mass is 16.7. The van der Waals surface area contributed by atoms with E-state index in [9.17, 15) is 20.4 Å². The Bertz CT molecular complexity index is 1560. The van der Waals surface area contributed by atoms with Crippen molar-refractivity contribution in [1.82, 2.24) is 0 Å². The van der Waals surface area contributed by atoms with Gasteiger partial charge < -0.3 is 29.9 Å². The molecule has 0 aromatic rings. The smallest absolute Gasteiger partial charge is 0.186 e. The monoisotopic (exact) mass is 714 g/mol. The SMILES string of the molecule is CC1=C(/C=C/C(C)=C/C=C/C(C)=C/C=C/C=C(C)/C=C/C=C(C)/C=C/C2=C(C)C[C@@H](OC3O[C@H](CO)[C@@H](O)[C@H](O)[C@H]3O)CC2(C)C)C(C)(C)CCC1. The summed E-state index contributed by atoms with van der Waals surface area (Å²) >= 11 is 0. The zero-order valence-corrected chi connectivity index (χ0v) is 33.4. The Balaban J connectivity index is 1.52. The molecular formula is C46H66O6. The number of hydrogen-bond acceptors (Lipinski definition) is 6. The zero-order valence-electron chi connectivity index (χ0n) is 33.4. The first-order valence-electron chi connectivity index (χ1n) is 18.9. The number of aliphatic hydroxyl groups excluding tert-OH is 4. The predicted molar refractivity (Wildman–Crippen MR) is 215 cm³/mol. The van der Waals surface area contributed by atoms with Crippen LogP contribution in [-0.2, 0) is 9.47 Å². The summed E-state index contributed by atoms with van der Waals surface area (Å²) in [5, 5.41) is 40.2. The second-order valence-electron chi connectivity index (χ2n) is 16.3. The van der Waals surface area contributed by atoms with Crippen LogP contribution in [0.4, 0.5) is 0 Å². The van der Waals surface area contributed by atoms with Gasteiger partial charge in [-0.1, -0.05) is 146 Å². The molecule has 0 bridgehead atoms. The highest BCUT2D eigenvalue weighted by molar-refractivity contribution is 5.39. The molecule has 286 valence electrons. The minimum atomic E-state index is -1.45. The largest absolute Gasteiger partial charge is 0.394 e. The van der Waals surface area contributed by atoms with Crippen LogP contribution in [0.1, 0.15) is 101 Å². The third kappa shape index (κ3) is 12.8. The molecule has 6 nitrogen and oxygen atoms in total. The third-order valence-corrected chi connectivity index (χ3v) is 10.5. The van der Waals surface area contributed by atoms with Crippen molar-refractivity contribution in [2.24, 2.45) is 10.8 Å². The van der Waals surface area contributed by atoms with E-state index in [0.29, 0.717) is 12.8 Å². The first-order chi connectivity index (χ1) is 24.4. The molecule has 2 aliphatic carbocycles. The fourth-order valence-corrected chi connectivity index (χ4v) is 7.39. The van der Waals surface area contributed by atoms with Crippen LogP contribution in [0.15, 0.2) is 130 Å². The molecule has 4 N–H and O–H groups in total. The summed E-state index contributed by atoms with van der Waals surface area (Å²) in [7, 11) is 0. The topological polar surface area (TPSA) is 99.4 Å². The molecule has 0 aromatic carbocycles. The van der Waals surface area contributed by atoms with E-state index in [4.69, 9.17) is 9.47 Å². The first kappa shape index (κ1) is 43.3. The van der Waals surface area contributed by atoms with E-state index >= 15 is 0 Å². The van der Waals surface area contributed by atoms with E-state index in [1.54, 1.807) is 0 Å². The zero-order chi connectivity index (χ0) is 38.6. The molecule has 1 saturated heterocycles. The molecule has 0 aromatic heterocycles. The highest BCUT2D eigenvalue weighted by Gasteiger charge is 2.45. The fourth-order valence-electron chi connectivity index (χ4n) is 7.39. The molecule has 1 unspecified atom stereocenters. The van der Waals surface area contributed by atoms with Gasteiger partial charge in [-0.3, -0.25) is 0 Å². The maximum atomic E-state index is 10.4. The molecule has 0 radical (unpaired) electrons. The molecule has 3 aliphatic rings. The van der Waals surface area contributed by atoms with Crippen LogP contribution in [0.2, 0.25) is 0 Å². The maximum absolute atomic E-state index is 10.4. The van der Waals surface area contributed by atoms with Gasteiger partial charge in [0.15, 0.2) is 6.29 Å². The van der Waals surface area contributed by atoms with Crippen molar-refractivity contribution in [1.29, 1.82) is 0 Å². The average Bonchev–Trinajstić information content (AvgIpc) is 3.05. The maximum Gasteiger partial charge on any atom is 0.186 e. The summed E-state index contributed by atoms with van der Waals surface area (Å²) in [4.78, 5) is 0. The van der Waals surface area contributed by atoms with E-state index in [2.05, 4.69) is 154 Å². The lowest BCUT2D eigenvalue weighted by Gasteiger charge is -2.43. The average molecular weight is 715 g/mol. The molecule has 3 rings (SSSR count). The number of aliphatic hydroxyl groups is 4. The second kappa shape index (κ2) is 19.8. The minimum Gasteiger partial charge on any atom is -0.394 e. The molecule has 6 atom stereocenters. The summed E-state index contributed by atoms with van der Waals surface area (Å²) in [6.45, 7) is 21.4. The lowest BCUT2D eigenvalue weighted by Crippen LogP contribution is -2.59. The Morgan fingerprint density at radius 1 is 0.692 bits per heavy atom. The van der Waals surface area contributed by atoms with Gasteiger partial charge in [0.1, 0.15) is 24.4 Å². The van der Waals surface area contributed by atoms with Crippen molar-refractivity contribution >= 4 is 0 Å². The molecule has 0 saturated carbocycles. The van der Waals surface area contributed by atoms with Gasteiger partial charge in [-0.25, -0.2) is 0 Å². The van der Waals surface area contributed by atoms with E-state index in [0.717, 1.165) is 11.1 Å². The summed E-state index contributed by atoms with van der Waals surface area (Å²) in [6.07, 6.45) is 28.4. The normalized spacial score (nSPS) is 30.0. The van der Waals surface area contributed by atoms with Gasteiger partial charge in [0.2, 0.25) is 0 Å². The Morgan fingerprint density at radius 3 is 1.69 bits per heavy atom. The molecule has 1 heterocycles. The molecule has 1 aliphatic heterocycles.